The first-order valence-corrected chi connectivity index (χ1v) is 13.9. The van der Waals surface area contributed by atoms with Gasteiger partial charge in [-0.25, -0.2) is 4.68 Å². The van der Waals surface area contributed by atoms with Gasteiger partial charge >= 0.3 is 6.18 Å². The van der Waals surface area contributed by atoms with Crippen LogP contribution in [-0.2, 0) is 21.8 Å². The van der Waals surface area contributed by atoms with Gasteiger partial charge in [-0.1, -0.05) is 31.4 Å². The van der Waals surface area contributed by atoms with Crippen LogP contribution in [0.3, 0.4) is 0 Å². The summed E-state index contributed by atoms with van der Waals surface area (Å²) in [7, 11) is -1.71. The van der Waals surface area contributed by atoms with E-state index in [-0.39, 0.29) is 10.1 Å². The maximum Gasteiger partial charge on any atom is 0.417 e. The van der Waals surface area contributed by atoms with Crippen molar-refractivity contribution in [3.8, 4) is 6.07 Å². The number of carbonyl (C=O) groups is 1. The van der Waals surface area contributed by atoms with E-state index in [1.54, 1.807) is 0 Å². The molecular formula is C26H32F3N5O2S. The van der Waals surface area contributed by atoms with E-state index >= 15 is 0 Å². The minimum Gasteiger partial charge on any atom is -0.356 e. The highest BCUT2D eigenvalue weighted by Crippen LogP contribution is 2.37. The lowest BCUT2D eigenvalue weighted by molar-refractivity contribution is -0.139. The van der Waals surface area contributed by atoms with Crippen molar-refractivity contribution in [3.63, 3.8) is 0 Å². The van der Waals surface area contributed by atoms with Crippen LogP contribution in [0.15, 0.2) is 35.2 Å². The standard InChI is InChI=1S/C21H26F3N3OS.C5H6N2O/c1-15-13-20(27(25-15)16-7-3-2-4-8-16)26-12-11-17(14-26)29(28)19-10-6-5-9-18(19)21(22,23)24;6-3-5(1-2-5)7-4-8/h5-6,9-10,13,16-17H,2-4,7-8,11-12,14H2,1H3;4H,1-2H2,(H,7,8). The van der Waals surface area contributed by atoms with Crippen molar-refractivity contribution in [1.29, 1.82) is 5.26 Å². The molecule has 3 aliphatic rings. The lowest BCUT2D eigenvalue weighted by Crippen LogP contribution is -2.28. The summed E-state index contributed by atoms with van der Waals surface area (Å²) in [5, 5.41) is 15.1. The molecule has 1 amide bonds. The molecule has 2 aliphatic carbocycles. The largest absolute Gasteiger partial charge is 0.417 e. The second-order valence-electron chi connectivity index (χ2n) is 9.98. The molecule has 2 atom stereocenters. The van der Waals surface area contributed by atoms with Gasteiger partial charge in [0.25, 0.3) is 0 Å². The van der Waals surface area contributed by atoms with E-state index in [9.17, 15) is 22.2 Å². The lowest BCUT2D eigenvalue weighted by atomic mass is 9.96. The van der Waals surface area contributed by atoms with Crippen LogP contribution in [0.4, 0.5) is 19.0 Å². The van der Waals surface area contributed by atoms with Crippen molar-refractivity contribution >= 4 is 23.0 Å². The molecule has 1 aliphatic heterocycles. The zero-order valence-electron chi connectivity index (χ0n) is 20.8. The number of halogens is 3. The Morgan fingerprint density at radius 1 is 1.19 bits per heavy atom. The van der Waals surface area contributed by atoms with Crippen LogP contribution in [0.1, 0.15) is 68.7 Å². The Balaban J connectivity index is 0.000000342. The third kappa shape index (κ3) is 6.35. The van der Waals surface area contributed by atoms with E-state index < -0.39 is 28.1 Å². The van der Waals surface area contributed by atoms with Gasteiger partial charge in [0.2, 0.25) is 6.41 Å². The summed E-state index contributed by atoms with van der Waals surface area (Å²) in [6.07, 6.45) is 4.17. The van der Waals surface area contributed by atoms with Gasteiger partial charge in [0, 0.05) is 19.2 Å². The predicted octanol–water partition coefficient (Wildman–Crippen LogP) is 4.89. The molecule has 0 spiro atoms. The summed E-state index contributed by atoms with van der Waals surface area (Å²) in [6.45, 7) is 3.13. The van der Waals surface area contributed by atoms with E-state index in [4.69, 9.17) is 10.4 Å². The molecule has 7 nitrogen and oxygen atoms in total. The number of nitrogens with zero attached hydrogens (tertiary/aromatic N) is 4. The van der Waals surface area contributed by atoms with Gasteiger partial charge in [-0.05, 0) is 51.2 Å². The number of benzene rings is 1. The first-order valence-electron chi connectivity index (χ1n) is 12.7. The smallest absolute Gasteiger partial charge is 0.356 e. The first-order chi connectivity index (χ1) is 17.7. The van der Waals surface area contributed by atoms with Crippen LogP contribution in [-0.4, -0.2) is 44.3 Å². The van der Waals surface area contributed by atoms with E-state index in [0.29, 0.717) is 32.0 Å². The molecule has 1 aromatic carbocycles. The maximum atomic E-state index is 13.3. The van der Waals surface area contributed by atoms with E-state index in [0.717, 1.165) is 43.3 Å². The molecule has 1 aromatic heterocycles. The second-order valence-corrected chi connectivity index (χ2v) is 11.7. The normalized spacial score (nSPS) is 21.9. The zero-order chi connectivity index (χ0) is 26.6. The quantitative estimate of drug-likeness (QED) is 0.532. The minimum absolute atomic E-state index is 0.108. The summed E-state index contributed by atoms with van der Waals surface area (Å²) in [6, 6.07) is 9.66. The molecule has 2 aromatic rings. The zero-order valence-corrected chi connectivity index (χ0v) is 21.7. The number of carbonyl (C=O) groups excluding carboxylic acids is 1. The van der Waals surface area contributed by atoms with Gasteiger partial charge in [-0.15, -0.1) is 0 Å². The summed E-state index contributed by atoms with van der Waals surface area (Å²) in [4.78, 5) is 11.8. The maximum absolute atomic E-state index is 13.3. The van der Waals surface area contributed by atoms with E-state index in [1.807, 2.05) is 19.1 Å². The number of rotatable bonds is 6. The number of anilines is 1. The number of hydrogen-bond donors (Lipinski definition) is 1. The molecule has 1 saturated heterocycles. The highest BCUT2D eigenvalue weighted by Gasteiger charge is 2.42. The van der Waals surface area contributed by atoms with Crippen LogP contribution in [0, 0.1) is 18.3 Å². The summed E-state index contributed by atoms with van der Waals surface area (Å²) in [5.74, 6) is 1.01. The van der Waals surface area contributed by atoms with Gasteiger partial charge in [0.15, 0.2) is 0 Å². The topological polar surface area (TPSA) is 91.0 Å². The minimum atomic E-state index is -4.50. The Kier molecular flexibility index (Phi) is 8.26. The SMILES string of the molecule is Cc1cc(N2CCC(S(=O)c3ccccc3C(F)(F)F)C2)n(C2CCCCC2)n1.N#CC1(NC=O)CC1. The fourth-order valence-corrected chi connectivity index (χ4v) is 6.63. The van der Waals surface area contributed by atoms with Crippen molar-refractivity contribution in [2.45, 2.75) is 86.2 Å². The molecule has 0 radical (unpaired) electrons. The number of hydrogen-bond acceptors (Lipinski definition) is 5. The van der Waals surface area contributed by atoms with Crippen LogP contribution in [0.5, 0.6) is 0 Å². The Hall–Kier alpha value is -2.87. The second kappa shape index (κ2) is 11.3. The number of nitrogens with one attached hydrogen (secondary N) is 1. The third-order valence-corrected chi connectivity index (χ3v) is 9.02. The lowest BCUT2D eigenvalue weighted by Gasteiger charge is -2.27. The van der Waals surface area contributed by atoms with Crippen molar-refractivity contribution in [2.75, 3.05) is 18.0 Å². The van der Waals surface area contributed by atoms with Crippen molar-refractivity contribution in [2.24, 2.45) is 0 Å². The molecule has 1 N–H and O–H groups in total. The number of aryl methyl sites for hydroxylation is 1. The fourth-order valence-electron chi connectivity index (χ4n) is 5.03. The Labute approximate surface area is 217 Å². The predicted molar refractivity (Wildman–Crippen MR) is 134 cm³/mol. The molecule has 2 heterocycles. The molecule has 2 unspecified atom stereocenters. The average molecular weight is 536 g/mol. The van der Waals surface area contributed by atoms with Crippen LogP contribution in [0.25, 0.3) is 0 Å². The highest BCUT2D eigenvalue weighted by atomic mass is 32.2. The number of alkyl halides is 3. The van der Waals surface area contributed by atoms with E-state index in [2.05, 4.69) is 14.9 Å². The van der Waals surface area contributed by atoms with Crippen LogP contribution < -0.4 is 10.2 Å². The van der Waals surface area contributed by atoms with Gasteiger partial charge in [0.05, 0.1) is 44.3 Å². The molecule has 2 saturated carbocycles. The van der Waals surface area contributed by atoms with E-state index in [1.165, 1.54) is 37.5 Å². The van der Waals surface area contributed by atoms with Gasteiger partial charge in [-0.3, -0.25) is 9.00 Å². The first kappa shape index (κ1) is 27.2. The molecule has 37 heavy (non-hydrogen) atoms. The third-order valence-electron chi connectivity index (χ3n) is 7.24. The monoisotopic (exact) mass is 535 g/mol. The molecule has 5 rings (SSSR count). The van der Waals surface area contributed by atoms with Crippen LogP contribution >= 0.6 is 0 Å². The highest BCUT2D eigenvalue weighted by molar-refractivity contribution is 7.85. The number of aromatic nitrogens is 2. The van der Waals surface area contributed by atoms with Crippen molar-refractivity contribution in [1.82, 2.24) is 15.1 Å². The van der Waals surface area contributed by atoms with Crippen LogP contribution in [0.2, 0.25) is 0 Å². The average Bonchev–Trinajstić information content (AvgIpc) is 3.31. The molecule has 11 heteroatoms. The Morgan fingerprint density at radius 2 is 1.89 bits per heavy atom. The summed E-state index contributed by atoms with van der Waals surface area (Å²) >= 11 is 0. The Bertz CT molecular complexity index is 1170. The molecular weight excluding hydrogens is 503 g/mol. The van der Waals surface area contributed by atoms with Crippen molar-refractivity contribution < 1.29 is 22.2 Å². The summed E-state index contributed by atoms with van der Waals surface area (Å²) in [5.41, 5.74) is -0.320. The molecule has 200 valence electrons. The number of nitriles is 1. The number of amides is 1. The van der Waals surface area contributed by atoms with Gasteiger partial charge in [0.1, 0.15) is 11.4 Å². The van der Waals surface area contributed by atoms with Gasteiger partial charge < -0.3 is 10.2 Å². The Morgan fingerprint density at radius 3 is 2.49 bits per heavy atom. The molecule has 0 bridgehead atoms. The van der Waals surface area contributed by atoms with Crippen molar-refractivity contribution in [3.05, 3.63) is 41.6 Å². The molecule has 3 fully saturated rings. The van der Waals surface area contributed by atoms with Gasteiger partial charge in [-0.2, -0.15) is 23.5 Å². The fraction of sp³-hybridized carbons (Fsp3) is 0.577. The summed E-state index contributed by atoms with van der Waals surface area (Å²) < 4.78 is 55.2.